The molecular formula is C3H7MnNO2. The maximum atomic E-state index is 8.89. The molecule has 0 aromatic carbocycles. The number of aliphatic carboxylic acids is 1. The van der Waals surface area contributed by atoms with Gasteiger partial charge >= 0.3 is 17.1 Å². The van der Waals surface area contributed by atoms with E-state index in [1.54, 1.807) is 0 Å². The van der Waals surface area contributed by atoms with Gasteiger partial charge in [-0.2, -0.15) is 0 Å². The van der Waals surface area contributed by atoms with E-state index in [1.807, 2.05) is 0 Å². The Hall–Kier alpha value is -0.181. The number of carbonyl (C=O) groups is 1. The van der Waals surface area contributed by atoms with Crippen LogP contribution in [0.3, 0.4) is 0 Å². The van der Waals surface area contributed by atoms with Gasteiger partial charge in [-0.1, -0.05) is 0 Å². The van der Waals surface area contributed by atoms with Gasteiger partial charge in [-0.3, -0.25) is 18.8 Å². The van der Waals surface area contributed by atoms with E-state index < -0.39 is 5.97 Å². The zero-order valence-electron chi connectivity index (χ0n) is 3.72. The van der Waals surface area contributed by atoms with Gasteiger partial charge in [-0.05, 0) is 0 Å². The molecule has 0 spiro atoms. The number of carboxylic acids is 1. The molecule has 0 aromatic rings. The zero-order chi connectivity index (χ0) is 5.58. The van der Waals surface area contributed by atoms with Gasteiger partial charge in [0.2, 0.25) is 0 Å². The van der Waals surface area contributed by atoms with Gasteiger partial charge in [-0.25, -0.2) is 0 Å². The smallest absolute Gasteiger partial charge is 0.503 e. The van der Waals surface area contributed by atoms with Gasteiger partial charge in [0, 0.05) is 0 Å². The molecule has 0 bridgehead atoms. The first kappa shape index (κ1) is 15.8. The van der Waals surface area contributed by atoms with Crippen molar-refractivity contribution >= 4 is 5.97 Å². The molecule has 0 aromatic heterocycles. The Balaban J connectivity index is -0.0000000480. The molecule has 0 aliphatic heterocycles. The standard InChI is InChI=1S/C2H3O2.CH4N.Mn/c1-2(3)4;1-2;/h1H2,(H,3,4);1-2H2;/q2*-1;+2. The van der Waals surface area contributed by atoms with E-state index in [1.165, 1.54) is 0 Å². The molecule has 1 radical (unpaired) electrons. The van der Waals surface area contributed by atoms with Crippen LogP contribution in [-0.2, 0) is 21.9 Å². The van der Waals surface area contributed by atoms with E-state index in [9.17, 15) is 0 Å². The van der Waals surface area contributed by atoms with Crippen LogP contribution in [0.4, 0.5) is 0 Å². The van der Waals surface area contributed by atoms with Crippen LogP contribution >= 0.6 is 0 Å². The SMILES string of the molecule is [CH2-]C(=O)O.[CH2-]N.[Mn+2]. The largest absolute Gasteiger partial charge is 2.00 e. The molecule has 43 valence electrons. The third-order valence-corrected chi connectivity index (χ3v) is 0. The summed E-state index contributed by atoms with van der Waals surface area (Å²) < 4.78 is 0. The molecular weight excluding hydrogens is 137 g/mol. The predicted molar refractivity (Wildman–Crippen MR) is 22.5 cm³/mol. The molecule has 0 rings (SSSR count). The second kappa shape index (κ2) is 17.0. The molecule has 3 N–H and O–H groups in total. The van der Waals surface area contributed by atoms with Crippen LogP contribution in [0.1, 0.15) is 0 Å². The monoisotopic (exact) mass is 144 g/mol. The molecule has 3 nitrogen and oxygen atoms in total. The van der Waals surface area contributed by atoms with Crippen molar-refractivity contribution in [3.8, 4) is 0 Å². The Morgan fingerprint density at radius 2 is 1.57 bits per heavy atom. The fourth-order valence-corrected chi connectivity index (χ4v) is 0. The summed E-state index contributed by atoms with van der Waals surface area (Å²) >= 11 is 0. The minimum absolute atomic E-state index is 0. The van der Waals surface area contributed by atoms with Gasteiger partial charge in [0.25, 0.3) is 0 Å². The first-order valence-electron chi connectivity index (χ1n) is 1.19. The first-order valence-corrected chi connectivity index (χ1v) is 1.19. The van der Waals surface area contributed by atoms with Gasteiger partial charge in [0.05, 0.1) is 0 Å². The van der Waals surface area contributed by atoms with Gasteiger partial charge in [0.1, 0.15) is 0 Å². The van der Waals surface area contributed by atoms with E-state index in [0.29, 0.717) is 0 Å². The molecule has 0 atom stereocenters. The van der Waals surface area contributed by atoms with Crippen LogP contribution in [0, 0.1) is 14.0 Å². The second-order valence-electron chi connectivity index (χ2n) is 0.394. The summed E-state index contributed by atoms with van der Waals surface area (Å²) in [5.74, 6) is -1.08. The summed E-state index contributed by atoms with van der Waals surface area (Å²) in [6, 6.07) is 0. The quantitative estimate of drug-likeness (QED) is 0.360. The Morgan fingerprint density at radius 3 is 1.57 bits per heavy atom. The third kappa shape index (κ3) is 2610. The summed E-state index contributed by atoms with van der Waals surface area (Å²) in [6.07, 6.45) is 0. The minimum atomic E-state index is -1.08. The summed E-state index contributed by atoms with van der Waals surface area (Å²) in [7, 11) is 2.75. The maximum absolute atomic E-state index is 8.89. The maximum Gasteiger partial charge on any atom is 2.00 e. The van der Waals surface area contributed by atoms with Gasteiger partial charge in [0.15, 0.2) is 5.97 Å². The molecule has 0 unspecified atom stereocenters. The van der Waals surface area contributed by atoms with Gasteiger partial charge in [-0.15, -0.1) is 0 Å². The van der Waals surface area contributed by atoms with Crippen molar-refractivity contribution in [3.05, 3.63) is 14.0 Å². The second-order valence-corrected chi connectivity index (χ2v) is 0.394. The van der Waals surface area contributed by atoms with Crippen molar-refractivity contribution in [1.82, 2.24) is 0 Å². The van der Waals surface area contributed by atoms with Crippen molar-refractivity contribution in [2.45, 2.75) is 0 Å². The van der Waals surface area contributed by atoms with E-state index >= 15 is 0 Å². The number of carboxylic acid groups (broad SMARTS) is 1. The van der Waals surface area contributed by atoms with Crippen LogP contribution in [0.15, 0.2) is 0 Å². The molecule has 0 saturated carbocycles. The van der Waals surface area contributed by atoms with Crippen molar-refractivity contribution in [3.63, 3.8) is 0 Å². The topological polar surface area (TPSA) is 63.3 Å². The van der Waals surface area contributed by atoms with Crippen LogP contribution in [-0.4, -0.2) is 11.1 Å². The van der Waals surface area contributed by atoms with Crippen LogP contribution in [0.25, 0.3) is 0 Å². The number of hydrogen-bond donors (Lipinski definition) is 2. The van der Waals surface area contributed by atoms with E-state index in [-0.39, 0.29) is 17.1 Å². The molecule has 0 heterocycles. The number of hydrogen-bond acceptors (Lipinski definition) is 2. The fraction of sp³-hybridized carbons (Fsp3) is 0. The van der Waals surface area contributed by atoms with Crippen molar-refractivity contribution in [2.24, 2.45) is 5.73 Å². The summed E-state index contributed by atoms with van der Waals surface area (Å²) in [5, 5.41) is 7.31. The van der Waals surface area contributed by atoms with Gasteiger partial charge < -0.3 is 10.8 Å². The fourth-order valence-electron chi connectivity index (χ4n) is 0. The summed E-state index contributed by atoms with van der Waals surface area (Å²) in [6.45, 7) is 2.56. The third-order valence-electron chi connectivity index (χ3n) is 0. The molecule has 0 amide bonds. The van der Waals surface area contributed by atoms with Crippen molar-refractivity contribution < 1.29 is 27.0 Å². The normalized spacial score (nSPS) is 4.29. The number of rotatable bonds is 0. The van der Waals surface area contributed by atoms with Crippen LogP contribution < -0.4 is 5.73 Å². The zero-order valence-corrected chi connectivity index (χ0v) is 4.91. The van der Waals surface area contributed by atoms with Crippen molar-refractivity contribution in [1.29, 1.82) is 0 Å². The molecule has 4 heteroatoms. The number of nitrogens with two attached hydrogens (primary N) is 1. The molecule has 0 aliphatic rings. The van der Waals surface area contributed by atoms with E-state index in [4.69, 9.17) is 9.90 Å². The Labute approximate surface area is 53.4 Å². The molecule has 0 saturated heterocycles. The Morgan fingerprint density at radius 1 is 1.57 bits per heavy atom. The first-order chi connectivity index (χ1) is 2.73. The van der Waals surface area contributed by atoms with Crippen molar-refractivity contribution in [2.75, 3.05) is 0 Å². The molecule has 7 heavy (non-hydrogen) atoms. The summed E-state index contributed by atoms with van der Waals surface area (Å²) in [4.78, 5) is 8.89. The minimum Gasteiger partial charge on any atom is -0.503 e. The Bertz CT molecular complexity index is 35.9. The molecule has 0 fully saturated rings. The van der Waals surface area contributed by atoms with Crippen LogP contribution in [0.5, 0.6) is 0 Å². The van der Waals surface area contributed by atoms with Crippen LogP contribution in [0.2, 0.25) is 0 Å². The average molecular weight is 144 g/mol. The predicted octanol–water partition coefficient (Wildman–Crippen LogP) is -0.361. The van der Waals surface area contributed by atoms with E-state index in [2.05, 4.69) is 19.7 Å². The molecule has 0 aliphatic carbocycles. The van der Waals surface area contributed by atoms with E-state index in [0.717, 1.165) is 0 Å². The summed E-state index contributed by atoms with van der Waals surface area (Å²) in [5.41, 5.74) is 4.25. The Kier molecular flexibility index (Phi) is 38.5. The average Bonchev–Trinajstić information content (AvgIpc) is 1.41.